The Morgan fingerprint density at radius 3 is 2.29 bits per heavy atom. The van der Waals surface area contributed by atoms with E-state index in [1.165, 1.54) is 17.0 Å². The summed E-state index contributed by atoms with van der Waals surface area (Å²) in [6.45, 7) is 3.80. The van der Waals surface area contributed by atoms with E-state index < -0.39 is 12.0 Å². The SMILES string of the molecule is CC(C)N(CCC(=O)O)C(=O)[C@@H](N)Cc1ccc(O)cc1. The van der Waals surface area contributed by atoms with Gasteiger partial charge in [-0.15, -0.1) is 0 Å². The Morgan fingerprint density at radius 1 is 1.24 bits per heavy atom. The number of carboxylic acid groups (broad SMARTS) is 1. The summed E-state index contributed by atoms with van der Waals surface area (Å²) in [5.41, 5.74) is 6.77. The largest absolute Gasteiger partial charge is 0.508 e. The van der Waals surface area contributed by atoms with Crippen molar-refractivity contribution in [3.05, 3.63) is 29.8 Å². The van der Waals surface area contributed by atoms with Crippen molar-refractivity contribution in [1.29, 1.82) is 0 Å². The average Bonchev–Trinajstić information content (AvgIpc) is 2.40. The van der Waals surface area contributed by atoms with Gasteiger partial charge in [0.1, 0.15) is 5.75 Å². The first-order chi connectivity index (χ1) is 9.81. The minimum absolute atomic E-state index is 0.101. The highest BCUT2D eigenvalue weighted by Crippen LogP contribution is 2.12. The van der Waals surface area contributed by atoms with Crippen molar-refractivity contribution in [3.63, 3.8) is 0 Å². The minimum Gasteiger partial charge on any atom is -0.508 e. The maximum atomic E-state index is 12.3. The van der Waals surface area contributed by atoms with Crippen molar-refractivity contribution < 1.29 is 19.8 Å². The molecule has 1 rings (SSSR count). The topological polar surface area (TPSA) is 104 Å². The maximum Gasteiger partial charge on any atom is 0.305 e. The third kappa shape index (κ3) is 5.43. The number of rotatable bonds is 7. The number of nitrogens with two attached hydrogens (primary N) is 1. The molecule has 0 radical (unpaired) electrons. The van der Waals surface area contributed by atoms with E-state index in [4.69, 9.17) is 10.8 Å². The van der Waals surface area contributed by atoms with Gasteiger partial charge in [0.05, 0.1) is 12.5 Å². The first kappa shape index (κ1) is 17.0. The van der Waals surface area contributed by atoms with Gasteiger partial charge >= 0.3 is 5.97 Å². The van der Waals surface area contributed by atoms with E-state index in [2.05, 4.69) is 0 Å². The lowest BCUT2D eigenvalue weighted by Gasteiger charge is -2.29. The molecule has 6 heteroatoms. The van der Waals surface area contributed by atoms with Gasteiger partial charge in [-0.3, -0.25) is 9.59 Å². The molecule has 21 heavy (non-hydrogen) atoms. The van der Waals surface area contributed by atoms with Crippen molar-refractivity contribution in [3.8, 4) is 5.75 Å². The molecule has 0 spiro atoms. The molecule has 1 aromatic rings. The molecule has 0 aliphatic heterocycles. The fourth-order valence-electron chi connectivity index (χ4n) is 2.03. The summed E-state index contributed by atoms with van der Waals surface area (Å²) in [6, 6.07) is 5.65. The molecule has 0 heterocycles. The van der Waals surface area contributed by atoms with Gasteiger partial charge in [0.2, 0.25) is 5.91 Å². The van der Waals surface area contributed by atoms with Gasteiger partial charge in [0.15, 0.2) is 0 Å². The number of aromatic hydroxyl groups is 1. The number of carbonyl (C=O) groups excluding carboxylic acids is 1. The molecule has 1 aromatic carbocycles. The molecule has 0 fully saturated rings. The smallest absolute Gasteiger partial charge is 0.305 e. The second-order valence-electron chi connectivity index (χ2n) is 5.25. The van der Waals surface area contributed by atoms with Gasteiger partial charge in [-0.2, -0.15) is 0 Å². The quantitative estimate of drug-likeness (QED) is 0.695. The molecule has 0 aliphatic rings. The highest BCUT2D eigenvalue weighted by molar-refractivity contribution is 5.82. The Hall–Kier alpha value is -2.08. The van der Waals surface area contributed by atoms with Crippen LogP contribution in [0.4, 0.5) is 0 Å². The molecule has 6 nitrogen and oxygen atoms in total. The van der Waals surface area contributed by atoms with Crippen LogP contribution in [0, 0.1) is 0 Å². The number of hydrogen-bond donors (Lipinski definition) is 3. The van der Waals surface area contributed by atoms with Gasteiger partial charge in [-0.25, -0.2) is 0 Å². The van der Waals surface area contributed by atoms with Gasteiger partial charge in [-0.1, -0.05) is 12.1 Å². The zero-order chi connectivity index (χ0) is 16.0. The van der Waals surface area contributed by atoms with Crippen LogP contribution in [0.2, 0.25) is 0 Å². The summed E-state index contributed by atoms with van der Waals surface area (Å²) in [5.74, 6) is -1.05. The molecule has 1 atom stereocenters. The number of aliphatic carboxylic acids is 1. The second-order valence-corrected chi connectivity index (χ2v) is 5.25. The van der Waals surface area contributed by atoms with Crippen LogP contribution in [0.1, 0.15) is 25.8 Å². The summed E-state index contributed by atoms with van der Waals surface area (Å²) in [7, 11) is 0. The Balaban J connectivity index is 2.68. The number of carboxylic acids is 1. The van der Waals surface area contributed by atoms with E-state index in [0.29, 0.717) is 6.42 Å². The van der Waals surface area contributed by atoms with Crippen LogP contribution in [0.3, 0.4) is 0 Å². The molecular weight excluding hydrogens is 272 g/mol. The molecule has 0 saturated heterocycles. The lowest BCUT2D eigenvalue weighted by atomic mass is 10.0. The van der Waals surface area contributed by atoms with Crippen LogP contribution in [0.25, 0.3) is 0 Å². The molecule has 0 saturated carbocycles. The van der Waals surface area contributed by atoms with E-state index in [9.17, 15) is 14.7 Å². The Morgan fingerprint density at radius 2 is 1.81 bits per heavy atom. The summed E-state index contributed by atoms with van der Waals surface area (Å²) in [6.07, 6.45) is 0.241. The van der Waals surface area contributed by atoms with Crippen molar-refractivity contribution in [2.24, 2.45) is 5.73 Å². The Bertz CT molecular complexity index is 485. The average molecular weight is 294 g/mol. The van der Waals surface area contributed by atoms with E-state index in [1.807, 2.05) is 13.8 Å². The monoisotopic (exact) mass is 294 g/mol. The minimum atomic E-state index is -0.944. The summed E-state index contributed by atoms with van der Waals surface area (Å²) in [5, 5.41) is 18.0. The van der Waals surface area contributed by atoms with Gasteiger partial charge in [0, 0.05) is 12.6 Å². The van der Waals surface area contributed by atoms with Crippen molar-refractivity contribution in [2.45, 2.75) is 38.8 Å². The number of nitrogens with zero attached hydrogens (tertiary/aromatic N) is 1. The van der Waals surface area contributed by atoms with E-state index >= 15 is 0 Å². The lowest BCUT2D eigenvalue weighted by Crippen LogP contribution is -2.48. The highest BCUT2D eigenvalue weighted by Gasteiger charge is 2.23. The number of hydrogen-bond acceptors (Lipinski definition) is 4. The third-order valence-electron chi connectivity index (χ3n) is 3.18. The summed E-state index contributed by atoms with van der Waals surface area (Å²) in [4.78, 5) is 24.5. The van der Waals surface area contributed by atoms with Crippen LogP contribution in [-0.4, -0.2) is 45.6 Å². The third-order valence-corrected chi connectivity index (χ3v) is 3.18. The first-order valence-electron chi connectivity index (χ1n) is 6.87. The van der Waals surface area contributed by atoms with Gasteiger partial charge in [-0.05, 0) is 38.0 Å². The van der Waals surface area contributed by atoms with Crippen LogP contribution >= 0.6 is 0 Å². The highest BCUT2D eigenvalue weighted by atomic mass is 16.4. The number of benzene rings is 1. The molecular formula is C15H22N2O4. The number of phenols is 1. The van der Waals surface area contributed by atoms with Crippen molar-refractivity contribution in [1.82, 2.24) is 4.90 Å². The number of phenolic OH excluding ortho intramolecular Hbond substituents is 1. The lowest BCUT2D eigenvalue weighted by molar-refractivity contribution is -0.139. The standard InChI is InChI=1S/C15H22N2O4/c1-10(2)17(8-7-14(19)20)15(21)13(16)9-11-3-5-12(18)6-4-11/h3-6,10,13,18H,7-9,16H2,1-2H3,(H,19,20)/t13-/m0/s1. The first-order valence-corrected chi connectivity index (χ1v) is 6.87. The molecule has 4 N–H and O–H groups in total. The van der Waals surface area contributed by atoms with Crippen LogP contribution in [0.5, 0.6) is 5.75 Å². The molecule has 0 bridgehead atoms. The van der Waals surface area contributed by atoms with E-state index in [-0.39, 0.29) is 30.7 Å². The van der Waals surface area contributed by atoms with Crippen LogP contribution in [-0.2, 0) is 16.0 Å². The van der Waals surface area contributed by atoms with Crippen molar-refractivity contribution >= 4 is 11.9 Å². The van der Waals surface area contributed by atoms with E-state index in [1.54, 1.807) is 12.1 Å². The fourth-order valence-corrected chi connectivity index (χ4v) is 2.03. The molecule has 116 valence electrons. The molecule has 0 aromatic heterocycles. The Labute approximate surface area is 124 Å². The van der Waals surface area contributed by atoms with Crippen LogP contribution < -0.4 is 5.73 Å². The van der Waals surface area contributed by atoms with Crippen LogP contribution in [0.15, 0.2) is 24.3 Å². The number of amides is 1. The molecule has 0 unspecified atom stereocenters. The fraction of sp³-hybridized carbons (Fsp3) is 0.467. The maximum absolute atomic E-state index is 12.3. The van der Waals surface area contributed by atoms with Gasteiger partial charge in [0.25, 0.3) is 0 Å². The Kier molecular flexibility index (Phi) is 6.17. The van der Waals surface area contributed by atoms with E-state index in [0.717, 1.165) is 5.56 Å². The molecule has 1 amide bonds. The normalized spacial score (nSPS) is 12.2. The summed E-state index contributed by atoms with van der Waals surface area (Å²) < 4.78 is 0. The molecule has 0 aliphatic carbocycles. The predicted molar refractivity (Wildman–Crippen MR) is 78.9 cm³/mol. The predicted octanol–water partition coefficient (Wildman–Crippen LogP) is 0.974. The van der Waals surface area contributed by atoms with Gasteiger partial charge < -0.3 is 20.8 Å². The second kappa shape index (κ2) is 7.64. The summed E-state index contributed by atoms with van der Waals surface area (Å²) >= 11 is 0. The number of carbonyl (C=O) groups is 2. The zero-order valence-corrected chi connectivity index (χ0v) is 12.3. The zero-order valence-electron chi connectivity index (χ0n) is 12.3. The van der Waals surface area contributed by atoms with Crippen molar-refractivity contribution in [2.75, 3.05) is 6.54 Å².